The van der Waals surface area contributed by atoms with E-state index in [0.717, 1.165) is 29.7 Å². The Morgan fingerprint density at radius 1 is 1.13 bits per heavy atom. The summed E-state index contributed by atoms with van der Waals surface area (Å²) >= 11 is 5.44. The largest absolute Gasteiger partial charge is 0.615 e. The number of pyridine rings is 1. The van der Waals surface area contributed by atoms with Gasteiger partial charge in [0.15, 0.2) is 10.6 Å². The van der Waals surface area contributed by atoms with Crippen LogP contribution in [0.5, 0.6) is 0 Å². The molecule has 2 heterocycles. The van der Waals surface area contributed by atoms with Crippen LogP contribution in [0.1, 0.15) is 69.4 Å². The fraction of sp³-hybridized carbons (Fsp3) is 0.378. The predicted octanol–water partition coefficient (Wildman–Crippen LogP) is 7.22. The molecule has 0 saturated heterocycles. The first-order chi connectivity index (χ1) is 25.1. The molecular formula is C37H36ClF4N5O4S2. The minimum atomic E-state index is -4.09. The number of rotatable bonds is 14. The average Bonchev–Trinajstić information content (AvgIpc) is 4.02. The number of aromatic nitrogens is 3. The number of anilines is 1. The summed E-state index contributed by atoms with van der Waals surface area (Å²) in [5.41, 5.74) is 1.13. The molecule has 2 atom stereocenters. The van der Waals surface area contributed by atoms with E-state index in [2.05, 4.69) is 27.0 Å². The third-order valence-corrected chi connectivity index (χ3v) is 13.7. The van der Waals surface area contributed by atoms with Gasteiger partial charge in [-0.3, -0.25) is 14.2 Å². The number of benzene rings is 2. The summed E-state index contributed by atoms with van der Waals surface area (Å²) < 4.78 is 98.3. The molecular weight excluding hydrogens is 754 g/mol. The van der Waals surface area contributed by atoms with Crippen molar-refractivity contribution in [1.29, 1.82) is 0 Å². The van der Waals surface area contributed by atoms with Crippen LogP contribution in [-0.2, 0) is 39.0 Å². The Kier molecular flexibility index (Phi) is 10.9. The molecule has 53 heavy (non-hydrogen) atoms. The number of sulfonamides is 1. The molecule has 2 aromatic carbocycles. The number of carbonyl (C=O) groups excluding carboxylic acids is 1. The summed E-state index contributed by atoms with van der Waals surface area (Å²) in [6, 6.07) is 8.04. The summed E-state index contributed by atoms with van der Waals surface area (Å²) in [4.78, 5) is 16.8. The second-order valence-corrected chi connectivity index (χ2v) is 18.3. The molecule has 0 radical (unpaired) electrons. The van der Waals surface area contributed by atoms with Crippen molar-refractivity contribution in [2.75, 3.05) is 4.72 Å². The molecule has 16 heteroatoms. The van der Waals surface area contributed by atoms with Gasteiger partial charge in [-0.15, -0.1) is 0 Å². The summed E-state index contributed by atoms with van der Waals surface area (Å²) in [7, 11) is -4.09. The van der Waals surface area contributed by atoms with Crippen LogP contribution in [-0.4, -0.2) is 55.3 Å². The van der Waals surface area contributed by atoms with Crippen molar-refractivity contribution in [1.82, 2.24) is 20.1 Å². The molecule has 9 nitrogen and oxygen atoms in total. The van der Waals surface area contributed by atoms with Crippen molar-refractivity contribution in [3.63, 3.8) is 0 Å². The molecule has 2 aliphatic rings. The molecule has 280 valence electrons. The van der Waals surface area contributed by atoms with Crippen LogP contribution < -0.4 is 10.0 Å². The number of amides is 1. The standard InChI is InChI=1S/C37H36ClF4N5O4S2/c1-4-12-37(14-15-37)53(50,51)46-35-32-29(38)10-9-28(34(32)47(45-35)20-31(41)42)27-8-5-25(11-13-36(2,3)52(49)26-6-7-26)44-33(27)30(43-21-48)18-22-16-23(39)19-24(40)17-22/h4-5,8-10,12,16-17,19,21,26,30-31H,6-7,14-15,18,20H2,1-3H3,(H,43,48)(H,45,46). The predicted molar refractivity (Wildman–Crippen MR) is 197 cm³/mol. The number of alkyl halides is 2. The topological polar surface area (TPSA) is 129 Å². The molecule has 0 bridgehead atoms. The molecule has 2 unspecified atom stereocenters. The van der Waals surface area contributed by atoms with Crippen LogP contribution in [0.25, 0.3) is 22.0 Å². The zero-order valence-corrected chi connectivity index (χ0v) is 31.3. The van der Waals surface area contributed by atoms with Gasteiger partial charge in [-0.25, -0.2) is 31.0 Å². The average molecular weight is 790 g/mol. The molecule has 4 aromatic rings. The van der Waals surface area contributed by atoms with E-state index in [0.29, 0.717) is 25.3 Å². The van der Waals surface area contributed by atoms with Gasteiger partial charge >= 0.3 is 0 Å². The number of hydrogen-bond donors (Lipinski definition) is 2. The van der Waals surface area contributed by atoms with Gasteiger partial charge in [0, 0.05) is 17.2 Å². The number of fused-ring (bicyclic) bond motifs is 1. The van der Waals surface area contributed by atoms with E-state index in [9.17, 15) is 35.3 Å². The van der Waals surface area contributed by atoms with Crippen LogP contribution >= 0.6 is 11.6 Å². The van der Waals surface area contributed by atoms with E-state index in [1.165, 1.54) is 12.1 Å². The monoisotopic (exact) mass is 789 g/mol. The van der Waals surface area contributed by atoms with Crippen LogP contribution in [0.15, 0.2) is 54.6 Å². The van der Waals surface area contributed by atoms with Crippen LogP contribution in [0, 0.1) is 23.5 Å². The van der Waals surface area contributed by atoms with E-state index in [-0.39, 0.29) is 61.5 Å². The second kappa shape index (κ2) is 15.0. The second-order valence-electron chi connectivity index (χ2n) is 13.6. The van der Waals surface area contributed by atoms with Crippen molar-refractivity contribution in [3.05, 3.63) is 88.2 Å². The lowest BCUT2D eigenvalue weighted by molar-refractivity contribution is -0.110. The first kappa shape index (κ1) is 38.6. The fourth-order valence-corrected chi connectivity index (χ4v) is 9.64. The number of nitrogens with one attached hydrogen (secondary N) is 2. The van der Waals surface area contributed by atoms with Crippen molar-refractivity contribution < 1.29 is 35.3 Å². The normalized spacial score (nSPS) is 16.7. The Morgan fingerprint density at radius 3 is 2.42 bits per heavy atom. The number of nitrogens with zero attached hydrogens (tertiary/aromatic N) is 3. The van der Waals surface area contributed by atoms with Crippen LogP contribution in [0.4, 0.5) is 23.4 Å². The Balaban J connectivity index is 1.55. The van der Waals surface area contributed by atoms with E-state index in [4.69, 9.17) is 16.6 Å². The molecule has 1 amide bonds. The first-order valence-corrected chi connectivity index (χ1v) is 19.9. The SMILES string of the molecule is CC=CC1(S(=O)(=O)Nc2nn(CC(F)F)c3c(-c4ccc(C#CC(C)(C)[S+]([O-])C5CC5)nc4C(Cc4cc(F)cc(F)c4)NC=O)ccc(Cl)c23)CC1. The van der Waals surface area contributed by atoms with E-state index < -0.39 is 61.3 Å². The summed E-state index contributed by atoms with van der Waals surface area (Å²) in [5, 5.41) is 7.09. The maximum Gasteiger partial charge on any atom is 0.257 e. The van der Waals surface area contributed by atoms with Gasteiger partial charge in [-0.1, -0.05) is 29.8 Å². The van der Waals surface area contributed by atoms with Crippen molar-refractivity contribution >= 4 is 55.9 Å². The highest BCUT2D eigenvalue weighted by atomic mass is 35.5. The van der Waals surface area contributed by atoms with Gasteiger partial charge in [0.2, 0.25) is 16.4 Å². The Labute approximate surface area is 312 Å². The highest BCUT2D eigenvalue weighted by molar-refractivity contribution is 7.94. The van der Waals surface area contributed by atoms with E-state index >= 15 is 0 Å². The lowest BCUT2D eigenvalue weighted by Gasteiger charge is -2.23. The number of carbonyl (C=O) groups is 1. The Morgan fingerprint density at radius 2 is 1.81 bits per heavy atom. The van der Waals surface area contributed by atoms with Gasteiger partial charge in [0.1, 0.15) is 33.9 Å². The maximum atomic E-state index is 14.3. The highest BCUT2D eigenvalue weighted by Crippen LogP contribution is 2.47. The molecule has 2 saturated carbocycles. The Hall–Kier alpha value is -4.10. The molecule has 2 N–H and O–H groups in total. The minimum absolute atomic E-state index is 0.0264. The minimum Gasteiger partial charge on any atom is -0.615 e. The zero-order valence-electron chi connectivity index (χ0n) is 28.9. The molecule has 2 fully saturated rings. The number of halogens is 5. The zero-order chi connectivity index (χ0) is 38.3. The van der Waals surface area contributed by atoms with Crippen molar-refractivity contribution in [2.24, 2.45) is 0 Å². The van der Waals surface area contributed by atoms with Crippen molar-refractivity contribution in [3.8, 4) is 23.0 Å². The molecule has 0 spiro atoms. The highest BCUT2D eigenvalue weighted by Gasteiger charge is 2.53. The van der Waals surface area contributed by atoms with Crippen LogP contribution in [0.3, 0.4) is 0 Å². The van der Waals surface area contributed by atoms with Gasteiger partial charge in [0.05, 0.1) is 27.7 Å². The lowest BCUT2D eigenvalue weighted by atomic mass is 9.94. The number of hydrogen-bond acceptors (Lipinski definition) is 6. The van der Waals surface area contributed by atoms with E-state index in [1.54, 1.807) is 45.1 Å². The van der Waals surface area contributed by atoms with Crippen LogP contribution in [0.2, 0.25) is 5.02 Å². The molecule has 2 aliphatic carbocycles. The van der Waals surface area contributed by atoms with Gasteiger partial charge in [-0.05, 0) is 112 Å². The first-order valence-electron chi connectivity index (χ1n) is 16.8. The van der Waals surface area contributed by atoms with Crippen molar-refractivity contribution in [2.45, 2.75) is 86.6 Å². The smallest absolute Gasteiger partial charge is 0.257 e. The summed E-state index contributed by atoms with van der Waals surface area (Å²) in [6.45, 7) is 4.30. The Bertz CT molecular complexity index is 2240. The van der Waals surface area contributed by atoms with Gasteiger partial charge in [-0.2, -0.15) is 5.10 Å². The van der Waals surface area contributed by atoms with E-state index in [1.807, 2.05) is 0 Å². The quantitative estimate of drug-likeness (QED) is 0.0457. The third-order valence-electron chi connectivity index (χ3n) is 9.13. The van der Waals surface area contributed by atoms with Gasteiger partial charge < -0.3 is 9.87 Å². The third kappa shape index (κ3) is 8.21. The fourth-order valence-electron chi connectivity index (χ4n) is 6.30. The lowest BCUT2D eigenvalue weighted by Crippen LogP contribution is -2.33. The molecule has 2 aromatic heterocycles. The molecule has 0 aliphatic heterocycles. The summed E-state index contributed by atoms with van der Waals surface area (Å²) in [5.74, 6) is 4.11. The summed E-state index contributed by atoms with van der Waals surface area (Å²) in [6.07, 6.45) is 2.97. The number of allylic oxidation sites excluding steroid dienone is 1. The maximum absolute atomic E-state index is 14.3. The molecule has 6 rings (SSSR count). The van der Waals surface area contributed by atoms with Gasteiger partial charge in [0.25, 0.3) is 6.43 Å².